The fourth-order valence-corrected chi connectivity index (χ4v) is 6.98. The summed E-state index contributed by atoms with van der Waals surface area (Å²) in [5.41, 5.74) is 3.34. The first-order valence-electron chi connectivity index (χ1n) is 13.9. The van der Waals surface area contributed by atoms with Gasteiger partial charge in [-0.05, 0) is 110 Å². The highest BCUT2D eigenvalue weighted by atomic mass is 35.5. The van der Waals surface area contributed by atoms with Gasteiger partial charge in [0.15, 0.2) is 0 Å². The SMILES string of the molecule is Cn1ccnc1CN(C(=O)C1CC1c1ccc(Cl)cc1)C1(C)C=C2C(=CC1)CCCC2NSc1ccc(F)cc1. The van der Waals surface area contributed by atoms with Crippen LogP contribution in [0.4, 0.5) is 4.39 Å². The molecule has 1 N–H and O–H groups in total. The van der Waals surface area contributed by atoms with E-state index in [0.29, 0.717) is 11.6 Å². The van der Waals surface area contributed by atoms with Crippen molar-refractivity contribution in [3.05, 3.63) is 106 Å². The first-order chi connectivity index (χ1) is 19.3. The Morgan fingerprint density at radius 1 is 1.23 bits per heavy atom. The van der Waals surface area contributed by atoms with E-state index in [1.807, 2.05) is 42.1 Å². The van der Waals surface area contributed by atoms with Crippen molar-refractivity contribution in [2.24, 2.45) is 13.0 Å². The highest BCUT2D eigenvalue weighted by Gasteiger charge is 2.49. The summed E-state index contributed by atoms with van der Waals surface area (Å²) in [5.74, 6) is 0.994. The number of carbonyl (C=O) groups is 1. The lowest BCUT2D eigenvalue weighted by Gasteiger charge is -2.44. The molecule has 1 heterocycles. The summed E-state index contributed by atoms with van der Waals surface area (Å²) >= 11 is 7.65. The summed E-state index contributed by atoms with van der Waals surface area (Å²) in [6.07, 6.45) is 13.2. The van der Waals surface area contributed by atoms with Gasteiger partial charge in [0.1, 0.15) is 11.6 Å². The maximum Gasteiger partial charge on any atom is 0.227 e. The van der Waals surface area contributed by atoms with E-state index in [0.717, 1.165) is 42.8 Å². The van der Waals surface area contributed by atoms with Gasteiger partial charge in [-0.3, -0.25) is 9.52 Å². The number of hydrogen-bond acceptors (Lipinski definition) is 4. The van der Waals surface area contributed by atoms with Gasteiger partial charge in [-0.15, -0.1) is 0 Å². The molecule has 1 aromatic heterocycles. The van der Waals surface area contributed by atoms with Crippen molar-refractivity contribution in [3.8, 4) is 0 Å². The Kier molecular flexibility index (Phi) is 7.64. The maximum atomic E-state index is 14.2. The lowest BCUT2D eigenvalue weighted by atomic mass is 9.76. The van der Waals surface area contributed by atoms with E-state index in [1.54, 1.807) is 18.3 Å². The number of fused-ring (bicyclic) bond motifs is 1. The van der Waals surface area contributed by atoms with Crippen molar-refractivity contribution >= 4 is 29.5 Å². The van der Waals surface area contributed by atoms with Crippen LogP contribution in [0.5, 0.6) is 0 Å². The summed E-state index contributed by atoms with van der Waals surface area (Å²) in [7, 11) is 1.98. The molecule has 3 aromatic rings. The fourth-order valence-electron chi connectivity index (χ4n) is 6.06. The smallest absolute Gasteiger partial charge is 0.227 e. The molecule has 0 spiro atoms. The predicted octanol–water partition coefficient (Wildman–Crippen LogP) is 7.21. The summed E-state index contributed by atoms with van der Waals surface area (Å²) in [4.78, 5) is 21.9. The molecule has 8 heteroatoms. The van der Waals surface area contributed by atoms with Crippen molar-refractivity contribution in [2.75, 3.05) is 0 Å². The monoisotopic (exact) mass is 576 g/mol. The number of nitrogens with one attached hydrogen (secondary N) is 1. The molecule has 3 aliphatic carbocycles. The summed E-state index contributed by atoms with van der Waals surface area (Å²) < 4.78 is 19.0. The van der Waals surface area contributed by atoms with Crippen LogP contribution in [0.25, 0.3) is 0 Å². The third-order valence-corrected chi connectivity index (χ3v) is 9.72. The van der Waals surface area contributed by atoms with Gasteiger partial charge in [-0.25, -0.2) is 9.37 Å². The third kappa shape index (κ3) is 5.65. The molecule has 6 rings (SSSR count). The van der Waals surface area contributed by atoms with Crippen LogP contribution >= 0.6 is 23.5 Å². The van der Waals surface area contributed by atoms with Crippen molar-refractivity contribution in [3.63, 3.8) is 0 Å². The molecular weight excluding hydrogens is 543 g/mol. The third-order valence-electron chi connectivity index (χ3n) is 8.55. The lowest BCUT2D eigenvalue weighted by Crippen LogP contribution is -2.51. The van der Waals surface area contributed by atoms with Crippen LogP contribution in [0.2, 0.25) is 5.02 Å². The number of nitrogens with zero attached hydrogens (tertiary/aromatic N) is 3. The number of carbonyl (C=O) groups excluding carboxylic acids is 1. The Hall–Kier alpha value is -2.87. The second kappa shape index (κ2) is 11.2. The second-order valence-corrected chi connectivity index (χ2v) is 12.7. The molecule has 208 valence electrons. The van der Waals surface area contributed by atoms with Gasteiger partial charge >= 0.3 is 0 Å². The zero-order chi connectivity index (χ0) is 27.9. The molecule has 2 fully saturated rings. The molecule has 0 saturated heterocycles. The number of benzene rings is 2. The number of halogens is 2. The van der Waals surface area contributed by atoms with Crippen LogP contribution in [-0.2, 0) is 18.4 Å². The largest absolute Gasteiger partial charge is 0.337 e. The van der Waals surface area contributed by atoms with Gasteiger partial charge in [-0.2, -0.15) is 0 Å². The quantitative estimate of drug-likeness (QED) is 0.288. The average Bonchev–Trinajstić information content (AvgIpc) is 3.65. The molecule has 4 unspecified atom stereocenters. The van der Waals surface area contributed by atoms with Gasteiger partial charge in [0.2, 0.25) is 5.91 Å². The van der Waals surface area contributed by atoms with Crippen LogP contribution in [0.3, 0.4) is 0 Å². The molecular formula is C32H34ClFN4OS. The fraction of sp³-hybridized carbons (Fsp3) is 0.375. The normalized spacial score (nSPS) is 25.6. The van der Waals surface area contributed by atoms with E-state index in [2.05, 4.69) is 33.7 Å². The van der Waals surface area contributed by atoms with E-state index >= 15 is 0 Å². The number of aromatic nitrogens is 2. The van der Waals surface area contributed by atoms with E-state index < -0.39 is 5.54 Å². The van der Waals surface area contributed by atoms with Gasteiger partial charge in [0.25, 0.3) is 0 Å². The average molecular weight is 577 g/mol. The number of aryl methyl sites for hydroxylation is 1. The highest BCUT2D eigenvalue weighted by Crippen LogP contribution is 2.50. The van der Waals surface area contributed by atoms with Crippen LogP contribution in [0.15, 0.2) is 89.1 Å². The topological polar surface area (TPSA) is 50.2 Å². The molecule has 0 aliphatic heterocycles. The minimum atomic E-state index is -0.479. The first-order valence-corrected chi connectivity index (χ1v) is 15.1. The Labute approximate surface area is 244 Å². The molecule has 1 amide bonds. The zero-order valence-corrected chi connectivity index (χ0v) is 24.4. The number of rotatable bonds is 8. The summed E-state index contributed by atoms with van der Waals surface area (Å²) in [5, 5.41) is 0.709. The minimum Gasteiger partial charge on any atom is -0.337 e. The van der Waals surface area contributed by atoms with Gasteiger partial charge in [-0.1, -0.05) is 35.9 Å². The molecule has 3 aliphatic rings. The van der Waals surface area contributed by atoms with Crippen LogP contribution in [-0.4, -0.2) is 31.9 Å². The van der Waals surface area contributed by atoms with E-state index in [4.69, 9.17) is 11.6 Å². The molecule has 5 nitrogen and oxygen atoms in total. The van der Waals surface area contributed by atoms with Crippen molar-refractivity contribution in [1.82, 2.24) is 19.2 Å². The Bertz CT molecular complexity index is 1450. The maximum absolute atomic E-state index is 14.2. The van der Waals surface area contributed by atoms with Crippen molar-refractivity contribution in [2.45, 2.75) is 68.0 Å². The predicted molar refractivity (Wildman–Crippen MR) is 158 cm³/mol. The molecule has 2 aromatic carbocycles. The molecule has 0 radical (unpaired) electrons. The Balaban J connectivity index is 1.27. The Morgan fingerprint density at radius 2 is 2.00 bits per heavy atom. The molecule has 2 saturated carbocycles. The lowest BCUT2D eigenvalue weighted by molar-refractivity contribution is -0.138. The summed E-state index contributed by atoms with van der Waals surface area (Å²) in [6.45, 7) is 2.64. The number of amides is 1. The van der Waals surface area contributed by atoms with Gasteiger partial charge < -0.3 is 9.47 Å². The van der Waals surface area contributed by atoms with E-state index in [1.165, 1.54) is 40.8 Å². The molecule has 0 bridgehead atoms. The van der Waals surface area contributed by atoms with Gasteiger partial charge in [0.05, 0.1) is 12.1 Å². The number of imidazole rings is 1. The van der Waals surface area contributed by atoms with Crippen LogP contribution < -0.4 is 4.72 Å². The van der Waals surface area contributed by atoms with E-state index in [-0.39, 0.29) is 29.6 Å². The van der Waals surface area contributed by atoms with Crippen molar-refractivity contribution < 1.29 is 9.18 Å². The second-order valence-electron chi connectivity index (χ2n) is 11.4. The summed E-state index contributed by atoms with van der Waals surface area (Å²) in [6, 6.07) is 14.6. The zero-order valence-electron chi connectivity index (χ0n) is 22.8. The molecule has 40 heavy (non-hydrogen) atoms. The van der Waals surface area contributed by atoms with E-state index in [9.17, 15) is 9.18 Å². The van der Waals surface area contributed by atoms with Crippen LogP contribution in [0, 0.1) is 11.7 Å². The Morgan fingerprint density at radius 3 is 2.73 bits per heavy atom. The number of hydrogen-bond donors (Lipinski definition) is 1. The van der Waals surface area contributed by atoms with Gasteiger partial charge in [0, 0.05) is 41.3 Å². The first kappa shape index (κ1) is 27.3. The standard InChI is InChI=1S/C32H34ClFN4OS/c1-32(15-14-21-4-3-5-29(28(21)19-32)36-40-25-12-10-24(34)11-13-25)38(20-30-35-16-17-37(30)2)31(39)27-18-26(27)22-6-8-23(33)9-7-22/h6-14,16-17,19,26-27,29,36H,3-5,15,18,20H2,1-2H3. The highest BCUT2D eigenvalue weighted by molar-refractivity contribution is 7.97. The minimum absolute atomic E-state index is 0.0450. The van der Waals surface area contributed by atoms with Crippen molar-refractivity contribution in [1.29, 1.82) is 0 Å². The van der Waals surface area contributed by atoms with Crippen LogP contribution in [0.1, 0.15) is 56.3 Å². The molecule has 4 atom stereocenters.